The summed E-state index contributed by atoms with van der Waals surface area (Å²) in [6.07, 6.45) is 3.61. The lowest BCUT2D eigenvalue weighted by atomic mass is 10.3. The molecular weight excluding hydrogens is 320 g/mol. The van der Waals surface area contributed by atoms with Gasteiger partial charge in [-0.05, 0) is 60.7 Å². The fourth-order valence-corrected chi connectivity index (χ4v) is 2.36. The van der Waals surface area contributed by atoms with Gasteiger partial charge in [-0.1, -0.05) is 18.2 Å². The number of hydrazone groups is 1. The van der Waals surface area contributed by atoms with E-state index >= 15 is 0 Å². The largest absolute Gasteiger partial charge is 0.508 e. The van der Waals surface area contributed by atoms with Crippen LogP contribution in [0.4, 0.5) is 5.69 Å². The predicted octanol–water partition coefficient (Wildman–Crippen LogP) is 3.50. The van der Waals surface area contributed by atoms with Crippen molar-refractivity contribution >= 4 is 29.2 Å². The van der Waals surface area contributed by atoms with Crippen LogP contribution < -0.4 is 10.7 Å². The van der Waals surface area contributed by atoms with E-state index in [4.69, 9.17) is 12.2 Å². The normalized spacial score (nSPS) is 10.7. The standard InChI is InChI=1S/C18H16N4OS/c23-17-10-8-15(9-11-17)22-12-4-7-16(22)13-19-21-18(24)20-14-5-2-1-3-6-14/h1-13,23H,(H2,20,21,24)/b19-13+. The Morgan fingerprint density at radius 3 is 2.50 bits per heavy atom. The molecule has 2 aromatic carbocycles. The molecule has 1 aromatic heterocycles. The highest BCUT2D eigenvalue weighted by Crippen LogP contribution is 2.15. The van der Waals surface area contributed by atoms with Crippen molar-refractivity contribution < 1.29 is 5.11 Å². The number of hydrogen-bond donors (Lipinski definition) is 3. The molecule has 0 bridgehead atoms. The first-order valence-electron chi connectivity index (χ1n) is 7.34. The Bertz CT molecular complexity index is 841. The van der Waals surface area contributed by atoms with Gasteiger partial charge in [0, 0.05) is 17.6 Å². The topological polar surface area (TPSA) is 61.6 Å². The first kappa shape index (κ1) is 15.8. The molecule has 1 heterocycles. The highest BCUT2D eigenvalue weighted by Gasteiger charge is 2.01. The van der Waals surface area contributed by atoms with Crippen LogP contribution in [0.15, 0.2) is 78.0 Å². The van der Waals surface area contributed by atoms with Crippen LogP contribution in [0.5, 0.6) is 5.75 Å². The number of aromatic hydroxyl groups is 1. The van der Waals surface area contributed by atoms with E-state index in [1.165, 1.54) is 0 Å². The molecule has 0 aliphatic heterocycles. The van der Waals surface area contributed by atoms with Crippen LogP contribution in [-0.2, 0) is 0 Å². The minimum atomic E-state index is 0.236. The Kier molecular flexibility index (Phi) is 4.88. The van der Waals surface area contributed by atoms with E-state index in [9.17, 15) is 5.11 Å². The fraction of sp³-hybridized carbons (Fsp3) is 0. The number of phenolic OH excluding ortho intramolecular Hbond substituents is 1. The molecule has 0 aliphatic carbocycles. The molecule has 120 valence electrons. The minimum absolute atomic E-state index is 0.236. The number of para-hydroxylation sites is 1. The van der Waals surface area contributed by atoms with Crippen molar-refractivity contribution in [3.05, 3.63) is 78.6 Å². The van der Waals surface area contributed by atoms with Crippen LogP contribution in [-0.4, -0.2) is 21.0 Å². The Morgan fingerprint density at radius 2 is 1.75 bits per heavy atom. The Labute approximate surface area is 145 Å². The molecule has 3 N–H and O–H groups in total. The van der Waals surface area contributed by atoms with Crippen LogP contribution in [0, 0.1) is 0 Å². The lowest BCUT2D eigenvalue weighted by molar-refractivity contribution is 0.475. The van der Waals surface area contributed by atoms with Crippen molar-refractivity contribution in [2.45, 2.75) is 0 Å². The van der Waals surface area contributed by atoms with Crippen molar-refractivity contribution in [2.75, 3.05) is 5.32 Å². The molecule has 5 nitrogen and oxygen atoms in total. The number of hydrogen-bond acceptors (Lipinski definition) is 3. The van der Waals surface area contributed by atoms with E-state index in [-0.39, 0.29) is 5.75 Å². The zero-order valence-electron chi connectivity index (χ0n) is 12.8. The number of phenols is 1. The molecule has 6 heteroatoms. The molecule has 3 aromatic rings. The lowest BCUT2D eigenvalue weighted by Crippen LogP contribution is -2.23. The molecular formula is C18H16N4OS. The van der Waals surface area contributed by atoms with E-state index in [0.717, 1.165) is 17.1 Å². The summed E-state index contributed by atoms with van der Waals surface area (Å²) in [6, 6.07) is 20.5. The Hall–Kier alpha value is -3.12. The maximum absolute atomic E-state index is 9.38. The zero-order chi connectivity index (χ0) is 16.8. The molecule has 0 spiro atoms. The van der Waals surface area contributed by atoms with Gasteiger partial charge in [-0.3, -0.25) is 5.43 Å². The van der Waals surface area contributed by atoms with E-state index in [0.29, 0.717) is 5.11 Å². The minimum Gasteiger partial charge on any atom is -0.508 e. The van der Waals surface area contributed by atoms with Crippen molar-refractivity contribution in [1.29, 1.82) is 0 Å². The summed E-state index contributed by atoms with van der Waals surface area (Å²) in [5.41, 5.74) is 5.51. The van der Waals surface area contributed by atoms with Gasteiger partial charge in [0.05, 0.1) is 11.9 Å². The maximum atomic E-state index is 9.38. The number of thiocarbonyl (C=S) groups is 1. The summed E-state index contributed by atoms with van der Waals surface area (Å²) in [7, 11) is 0. The van der Waals surface area contributed by atoms with Gasteiger partial charge >= 0.3 is 0 Å². The van der Waals surface area contributed by atoms with Crippen LogP contribution in [0.2, 0.25) is 0 Å². The fourth-order valence-electron chi connectivity index (χ4n) is 2.19. The van der Waals surface area contributed by atoms with Crippen LogP contribution in [0.3, 0.4) is 0 Å². The molecule has 0 unspecified atom stereocenters. The van der Waals surface area contributed by atoms with Crippen LogP contribution >= 0.6 is 12.2 Å². The Morgan fingerprint density at radius 1 is 1.00 bits per heavy atom. The van der Waals surface area contributed by atoms with Crippen molar-refractivity contribution in [1.82, 2.24) is 9.99 Å². The van der Waals surface area contributed by atoms with Gasteiger partial charge < -0.3 is 15.0 Å². The van der Waals surface area contributed by atoms with Crippen LogP contribution in [0.1, 0.15) is 5.69 Å². The van der Waals surface area contributed by atoms with Crippen LogP contribution in [0.25, 0.3) is 5.69 Å². The highest BCUT2D eigenvalue weighted by molar-refractivity contribution is 7.80. The van der Waals surface area contributed by atoms with E-state index in [1.54, 1.807) is 18.3 Å². The van der Waals surface area contributed by atoms with Gasteiger partial charge in [-0.15, -0.1) is 0 Å². The number of anilines is 1. The van der Waals surface area contributed by atoms with Gasteiger partial charge in [-0.2, -0.15) is 5.10 Å². The first-order valence-corrected chi connectivity index (χ1v) is 7.75. The predicted molar refractivity (Wildman–Crippen MR) is 101 cm³/mol. The van der Waals surface area contributed by atoms with E-state index in [1.807, 2.05) is 65.4 Å². The number of nitrogens with zero attached hydrogens (tertiary/aromatic N) is 2. The first-order chi connectivity index (χ1) is 11.7. The zero-order valence-corrected chi connectivity index (χ0v) is 13.6. The molecule has 0 saturated carbocycles. The van der Waals surface area contributed by atoms with E-state index in [2.05, 4.69) is 15.8 Å². The van der Waals surface area contributed by atoms with E-state index < -0.39 is 0 Å². The molecule has 0 saturated heterocycles. The second kappa shape index (κ2) is 7.43. The van der Waals surface area contributed by atoms with Crippen molar-refractivity contribution in [2.24, 2.45) is 5.10 Å². The van der Waals surface area contributed by atoms with Gasteiger partial charge in [0.2, 0.25) is 0 Å². The molecule has 0 aliphatic rings. The summed E-state index contributed by atoms with van der Waals surface area (Å²) in [4.78, 5) is 0. The number of nitrogens with one attached hydrogen (secondary N) is 2. The summed E-state index contributed by atoms with van der Waals surface area (Å²) in [5.74, 6) is 0.236. The third-order valence-corrected chi connectivity index (χ3v) is 3.50. The summed E-state index contributed by atoms with van der Waals surface area (Å²) >= 11 is 5.20. The van der Waals surface area contributed by atoms with Gasteiger partial charge in [-0.25, -0.2) is 0 Å². The average molecular weight is 336 g/mol. The van der Waals surface area contributed by atoms with Crippen molar-refractivity contribution in [3.63, 3.8) is 0 Å². The van der Waals surface area contributed by atoms with Crippen molar-refractivity contribution in [3.8, 4) is 11.4 Å². The van der Waals surface area contributed by atoms with Gasteiger partial charge in [0.1, 0.15) is 5.75 Å². The molecule has 0 fully saturated rings. The molecule has 0 amide bonds. The number of rotatable bonds is 4. The third kappa shape index (κ3) is 3.99. The lowest BCUT2D eigenvalue weighted by Gasteiger charge is -2.07. The summed E-state index contributed by atoms with van der Waals surface area (Å²) in [6.45, 7) is 0. The molecule has 24 heavy (non-hydrogen) atoms. The monoisotopic (exact) mass is 336 g/mol. The average Bonchev–Trinajstić information content (AvgIpc) is 3.05. The summed E-state index contributed by atoms with van der Waals surface area (Å²) in [5, 5.41) is 17.0. The summed E-state index contributed by atoms with van der Waals surface area (Å²) < 4.78 is 1.96. The second-order valence-electron chi connectivity index (χ2n) is 5.01. The Balaban J connectivity index is 1.64. The smallest absolute Gasteiger partial charge is 0.191 e. The van der Waals surface area contributed by atoms with Gasteiger partial charge in [0.25, 0.3) is 0 Å². The SMILES string of the molecule is Oc1ccc(-n2cccc2/C=N/NC(=S)Nc2ccccc2)cc1. The van der Waals surface area contributed by atoms with Gasteiger partial charge in [0.15, 0.2) is 5.11 Å². The number of benzene rings is 2. The number of aromatic nitrogens is 1. The molecule has 3 rings (SSSR count). The quantitative estimate of drug-likeness (QED) is 0.388. The third-order valence-electron chi connectivity index (χ3n) is 3.30. The second-order valence-corrected chi connectivity index (χ2v) is 5.42. The molecule has 0 radical (unpaired) electrons. The molecule has 0 atom stereocenters. The maximum Gasteiger partial charge on any atom is 0.191 e. The highest BCUT2D eigenvalue weighted by atomic mass is 32.1.